The maximum atomic E-state index is 12.0. The van der Waals surface area contributed by atoms with E-state index in [9.17, 15) is 5.11 Å². The van der Waals surface area contributed by atoms with Crippen molar-refractivity contribution in [2.75, 3.05) is 6.61 Å². The molecule has 2 heteroatoms. The smallest absolute Gasteiger partial charge is 0.0664 e. The van der Waals surface area contributed by atoms with Crippen LogP contribution in [-0.2, 0) is 4.74 Å². The van der Waals surface area contributed by atoms with Crippen molar-refractivity contribution < 1.29 is 9.84 Å². The normalized spacial score (nSPS) is 34.1. The Morgan fingerprint density at radius 3 is 2.40 bits per heavy atom. The molecule has 0 radical (unpaired) electrons. The Balaban J connectivity index is 2.27. The Kier molecular flexibility index (Phi) is 8.47. The summed E-state index contributed by atoms with van der Waals surface area (Å²) in [7, 11) is 0. The van der Waals surface area contributed by atoms with Crippen molar-refractivity contribution in [3.05, 3.63) is 12.7 Å². The Bertz CT molecular complexity index is 264. The molecule has 0 heterocycles. The Morgan fingerprint density at radius 1 is 1.10 bits per heavy atom. The maximum Gasteiger partial charge on any atom is 0.0664 e. The second-order valence-electron chi connectivity index (χ2n) is 6.50. The van der Waals surface area contributed by atoms with E-state index in [1.54, 1.807) is 0 Å². The van der Waals surface area contributed by atoms with Gasteiger partial charge in [-0.15, -0.1) is 12.7 Å². The van der Waals surface area contributed by atoms with Crippen LogP contribution >= 0.6 is 0 Å². The van der Waals surface area contributed by atoms with Crippen LogP contribution in [0, 0.1) is 17.8 Å². The number of hydrogen-bond donors (Lipinski definition) is 0. The molecule has 20 heavy (non-hydrogen) atoms. The van der Waals surface area contributed by atoms with Crippen molar-refractivity contribution in [1.82, 2.24) is 0 Å². The molecule has 0 spiro atoms. The highest BCUT2D eigenvalue weighted by Gasteiger charge is 2.35. The van der Waals surface area contributed by atoms with Gasteiger partial charge in [0, 0.05) is 12.5 Å². The molecule has 0 bridgehead atoms. The summed E-state index contributed by atoms with van der Waals surface area (Å²) in [6.45, 7) is 11.2. The van der Waals surface area contributed by atoms with Gasteiger partial charge in [0.1, 0.15) is 0 Å². The van der Waals surface area contributed by atoms with E-state index in [0.29, 0.717) is 12.3 Å². The Hall–Kier alpha value is -0.340. The lowest BCUT2D eigenvalue weighted by molar-refractivity contribution is -0.445. The third-order valence-corrected chi connectivity index (χ3v) is 4.97. The highest BCUT2D eigenvalue weighted by atomic mass is 16.5. The summed E-state index contributed by atoms with van der Waals surface area (Å²) in [5.41, 5.74) is 0. The van der Waals surface area contributed by atoms with Crippen LogP contribution in [-0.4, -0.2) is 18.8 Å². The van der Waals surface area contributed by atoms with Crippen molar-refractivity contribution in [2.45, 2.75) is 77.9 Å². The first-order valence-electron chi connectivity index (χ1n) is 8.51. The number of ether oxygens (including phenoxy) is 1. The van der Waals surface area contributed by atoms with Crippen LogP contribution in [0.5, 0.6) is 0 Å². The Labute approximate surface area is 125 Å². The first-order valence-corrected chi connectivity index (χ1v) is 8.51. The second-order valence-corrected chi connectivity index (χ2v) is 6.50. The van der Waals surface area contributed by atoms with E-state index in [1.807, 2.05) is 6.08 Å². The summed E-state index contributed by atoms with van der Waals surface area (Å²) in [6.07, 6.45) is 10.1. The van der Waals surface area contributed by atoms with Crippen molar-refractivity contribution in [1.29, 1.82) is 0 Å². The van der Waals surface area contributed by atoms with E-state index in [4.69, 9.17) is 4.74 Å². The van der Waals surface area contributed by atoms with Gasteiger partial charge in [0.15, 0.2) is 0 Å². The summed E-state index contributed by atoms with van der Waals surface area (Å²) in [5.74, 6) is 0.791. The molecule has 1 aliphatic rings. The van der Waals surface area contributed by atoms with Gasteiger partial charge in [0.2, 0.25) is 0 Å². The zero-order valence-electron chi connectivity index (χ0n) is 13.6. The van der Waals surface area contributed by atoms with Gasteiger partial charge >= 0.3 is 0 Å². The highest BCUT2D eigenvalue weighted by molar-refractivity contribution is 4.96. The lowest BCUT2D eigenvalue weighted by Crippen LogP contribution is -2.49. The van der Waals surface area contributed by atoms with Crippen molar-refractivity contribution in [2.24, 2.45) is 17.8 Å². The molecule has 1 saturated carbocycles. The molecule has 0 aromatic heterocycles. The third-order valence-electron chi connectivity index (χ3n) is 4.97. The fraction of sp³-hybridized carbons (Fsp3) is 0.889. The Morgan fingerprint density at radius 2 is 1.75 bits per heavy atom. The van der Waals surface area contributed by atoms with Crippen LogP contribution < -0.4 is 5.11 Å². The number of hydrogen-bond acceptors (Lipinski definition) is 2. The molecule has 0 amide bonds. The lowest BCUT2D eigenvalue weighted by atomic mass is 9.72. The van der Waals surface area contributed by atoms with Gasteiger partial charge in [-0.2, -0.15) is 0 Å². The zero-order chi connectivity index (χ0) is 15.0. The minimum absolute atomic E-state index is 0.198. The van der Waals surface area contributed by atoms with Crippen LogP contribution in [0.3, 0.4) is 0 Å². The second kappa shape index (κ2) is 9.57. The van der Waals surface area contributed by atoms with Crippen molar-refractivity contribution in [3.8, 4) is 0 Å². The van der Waals surface area contributed by atoms with Crippen molar-refractivity contribution >= 4 is 0 Å². The molecule has 2 nitrogen and oxygen atoms in total. The van der Waals surface area contributed by atoms with Crippen LogP contribution in [0.25, 0.3) is 0 Å². The molecule has 1 rings (SSSR count). The monoisotopic (exact) mass is 281 g/mol. The third kappa shape index (κ3) is 5.21. The van der Waals surface area contributed by atoms with Crippen LogP contribution in [0.4, 0.5) is 0 Å². The molecule has 1 fully saturated rings. The largest absolute Gasteiger partial charge is 0.852 e. The molecule has 0 aromatic carbocycles. The first-order chi connectivity index (χ1) is 9.61. The van der Waals surface area contributed by atoms with E-state index in [2.05, 4.69) is 27.4 Å². The minimum atomic E-state index is -0.457. The SMILES string of the molecule is C=CC1CC([O-])C(C)C(C)C1OCCCCCCCC. The molecule has 118 valence electrons. The highest BCUT2D eigenvalue weighted by Crippen LogP contribution is 2.35. The molecule has 0 aliphatic heterocycles. The quantitative estimate of drug-likeness (QED) is 0.473. The van der Waals surface area contributed by atoms with E-state index >= 15 is 0 Å². The van der Waals surface area contributed by atoms with E-state index < -0.39 is 6.10 Å². The fourth-order valence-corrected chi connectivity index (χ4v) is 3.25. The number of unbranched alkanes of at least 4 members (excludes halogenated alkanes) is 5. The van der Waals surface area contributed by atoms with Gasteiger partial charge in [-0.25, -0.2) is 0 Å². The molecule has 0 saturated heterocycles. The van der Waals surface area contributed by atoms with E-state index in [0.717, 1.165) is 13.0 Å². The standard InChI is InChI=1S/C18H33O2/c1-5-7-8-9-10-11-12-20-18-15(4)14(3)17(19)13-16(18)6-2/h6,14-18H,2,5,7-13H2,1,3-4H3/q-1. The molecular formula is C18H33O2-. The van der Waals surface area contributed by atoms with Gasteiger partial charge in [0.25, 0.3) is 0 Å². The summed E-state index contributed by atoms with van der Waals surface area (Å²) >= 11 is 0. The van der Waals surface area contributed by atoms with Crippen LogP contribution in [0.2, 0.25) is 0 Å². The van der Waals surface area contributed by atoms with E-state index in [1.165, 1.54) is 32.1 Å². The van der Waals surface area contributed by atoms with E-state index in [-0.39, 0.29) is 17.9 Å². The van der Waals surface area contributed by atoms with Gasteiger partial charge in [-0.05, 0) is 12.3 Å². The molecule has 0 N–H and O–H groups in total. The van der Waals surface area contributed by atoms with Crippen LogP contribution in [0.15, 0.2) is 12.7 Å². The molecule has 5 atom stereocenters. The zero-order valence-corrected chi connectivity index (χ0v) is 13.6. The van der Waals surface area contributed by atoms with Crippen molar-refractivity contribution in [3.63, 3.8) is 0 Å². The molecular weight excluding hydrogens is 248 g/mol. The van der Waals surface area contributed by atoms with Crippen LogP contribution in [0.1, 0.15) is 65.7 Å². The minimum Gasteiger partial charge on any atom is -0.852 e. The molecule has 0 aromatic rings. The lowest BCUT2D eigenvalue weighted by Gasteiger charge is -2.47. The molecule has 5 unspecified atom stereocenters. The van der Waals surface area contributed by atoms with Gasteiger partial charge in [-0.3, -0.25) is 0 Å². The summed E-state index contributed by atoms with van der Waals surface area (Å²) in [5, 5.41) is 12.0. The topological polar surface area (TPSA) is 32.3 Å². The number of rotatable bonds is 9. The fourth-order valence-electron chi connectivity index (χ4n) is 3.25. The first kappa shape index (κ1) is 17.7. The molecule has 1 aliphatic carbocycles. The summed E-state index contributed by atoms with van der Waals surface area (Å²) in [4.78, 5) is 0. The average Bonchev–Trinajstić information content (AvgIpc) is 2.45. The van der Waals surface area contributed by atoms with Gasteiger partial charge in [0.05, 0.1) is 6.10 Å². The predicted molar refractivity (Wildman–Crippen MR) is 83.5 cm³/mol. The maximum absolute atomic E-state index is 12.0. The van der Waals surface area contributed by atoms with Gasteiger partial charge in [-0.1, -0.05) is 71.3 Å². The summed E-state index contributed by atoms with van der Waals surface area (Å²) < 4.78 is 6.11. The predicted octanol–water partition coefficient (Wildman–Crippen LogP) is 3.94. The summed E-state index contributed by atoms with van der Waals surface area (Å²) in [6, 6.07) is 0. The average molecular weight is 281 g/mol. The van der Waals surface area contributed by atoms with Gasteiger partial charge < -0.3 is 9.84 Å².